The Morgan fingerprint density at radius 1 is 1.25 bits per heavy atom. The second-order valence-corrected chi connectivity index (χ2v) is 6.70. The van der Waals surface area contributed by atoms with E-state index in [4.69, 9.17) is 10.6 Å². The van der Waals surface area contributed by atoms with Crippen LogP contribution in [-0.4, -0.2) is 22.0 Å². The summed E-state index contributed by atoms with van der Waals surface area (Å²) in [6, 6.07) is 12.1. The first-order valence-corrected chi connectivity index (χ1v) is 8.78. The van der Waals surface area contributed by atoms with Crippen molar-refractivity contribution in [2.24, 2.45) is 0 Å². The van der Waals surface area contributed by atoms with Gasteiger partial charge >= 0.3 is 0 Å². The van der Waals surface area contributed by atoms with E-state index in [1.165, 1.54) is 28.6 Å². The van der Waals surface area contributed by atoms with Gasteiger partial charge in [-0.2, -0.15) is 0 Å². The lowest BCUT2D eigenvalue weighted by molar-refractivity contribution is 0.416. The molecule has 0 aliphatic carbocycles. The molecule has 0 unspecified atom stereocenters. The summed E-state index contributed by atoms with van der Waals surface area (Å²) in [5, 5.41) is 8.86. The molecule has 0 atom stereocenters. The van der Waals surface area contributed by atoms with Gasteiger partial charge in [0.05, 0.1) is 12.7 Å². The van der Waals surface area contributed by atoms with Gasteiger partial charge in [0.15, 0.2) is 5.82 Å². The van der Waals surface area contributed by atoms with Gasteiger partial charge < -0.3 is 10.6 Å². The molecule has 24 heavy (non-hydrogen) atoms. The van der Waals surface area contributed by atoms with Crippen molar-refractivity contribution < 1.29 is 9.13 Å². The molecule has 3 rings (SSSR count). The van der Waals surface area contributed by atoms with E-state index in [2.05, 4.69) is 26.1 Å². The fourth-order valence-electron chi connectivity index (χ4n) is 2.17. The molecule has 1 aromatic heterocycles. The standard InChI is InChI=1S/C16H14BrFN4OS/c1-23-14-5-3-2-4-12(14)15-20-21-16(22(15)19)24-9-10-6-7-11(18)8-13(10)17/h2-8H,9,19H2,1H3. The molecule has 0 spiro atoms. The first kappa shape index (κ1) is 16.8. The Labute approximate surface area is 151 Å². The molecule has 0 bridgehead atoms. The van der Waals surface area contributed by atoms with Crippen molar-refractivity contribution in [2.75, 3.05) is 13.0 Å². The second-order valence-electron chi connectivity index (χ2n) is 4.90. The molecular weight excluding hydrogens is 395 g/mol. The van der Waals surface area contributed by atoms with Crippen LogP contribution >= 0.6 is 27.7 Å². The highest BCUT2D eigenvalue weighted by Crippen LogP contribution is 2.31. The van der Waals surface area contributed by atoms with Crippen molar-refractivity contribution in [3.05, 3.63) is 58.3 Å². The molecule has 8 heteroatoms. The molecule has 1 heterocycles. The van der Waals surface area contributed by atoms with Crippen molar-refractivity contribution >= 4 is 27.7 Å². The van der Waals surface area contributed by atoms with Gasteiger partial charge in [0.1, 0.15) is 11.6 Å². The second kappa shape index (κ2) is 7.23. The van der Waals surface area contributed by atoms with Gasteiger partial charge in [-0.15, -0.1) is 10.2 Å². The summed E-state index contributed by atoms with van der Waals surface area (Å²) in [6.07, 6.45) is 0. The van der Waals surface area contributed by atoms with Crippen molar-refractivity contribution in [3.8, 4) is 17.1 Å². The van der Waals surface area contributed by atoms with Crippen LogP contribution < -0.4 is 10.6 Å². The molecule has 2 aromatic carbocycles. The average Bonchev–Trinajstić information content (AvgIpc) is 2.94. The molecule has 0 aliphatic heterocycles. The van der Waals surface area contributed by atoms with E-state index in [0.29, 0.717) is 27.0 Å². The van der Waals surface area contributed by atoms with Gasteiger partial charge in [-0.25, -0.2) is 9.07 Å². The minimum atomic E-state index is -0.281. The van der Waals surface area contributed by atoms with Gasteiger partial charge in [-0.1, -0.05) is 45.9 Å². The maximum Gasteiger partial charge on any atom is 0.210 e. The third kappa shape index (κ3) is 3.39. The summed E-state index contributed by atoms with van der Waals surface area (Å²) < 4.78 is 20.6. The van der Waals surface area contributed by atoms with Crippen molar-refractivity contribution in [3.63, 3.8) is 0 Å². The minimum Gasteiger partial charge on any atom is -0.496 e. The Bertz CT molecular complexity index is 871. The molecule has 0 saturated heterocycles. The van der Waals surface area contributed by atoms with Crippen LogP contribution in [0.15, 0.2) is 52.1 Å². The SMILES string of the molecule is COc1ccccc1-c1nnc(SCc2ccc(F)cc2Br)n1N. The van der Waals surface area contributed by atoms with Gasteiger partial charge in [0.25, 0.3) is 0 Å². The normalized spacial score (nSPS) is 10.8. The smallest absolute Gasteiger partial charge is 0.210 e. The van der Waals surface area contributed by atoms with E-state index in [1.807, 2.05) is 24.3 Å². The number of nitrogen functional groups attached to an aromatic ring is 1. The van der Waals surface area contributed by atoms with E-state index in [-0.39, 0.29) is 5.82 Å². The fourth-order valence-corrected chi connectivity index (χ4v) is 3.71. The predicted octanol–water partition coefficient (Wildman–Crippen LogP) is 3.86. The van der Waals surface area contributed by atoms with Crippen molar-refractivity contribution in [1.29, 1.82) is 0 Å². The molecule has 0 radical (unpaired) electrons. The average molecular weight is 409 g/mol. The van der Waals surface area contributed by atoms with Crippen LogP contribution in [0.2, 0.25) is 0 Å². The van der Waals surface area contributed by atoms with Crippen LogP contribution in [0.1, 0.15) is 5.56 Å². The summed E-state index contributed by atoms with van der Waals surface area (Å²) >= 11 is 4.78. The van der Waals surface area contributed by atoms with Gasteiger partial charge in [0.2, 0.25) is 5.16 Å². The van der Waals surface area contributed by atoms with Crippen LogP contribution in [0.25, 0.3) is 11.4 Å². The van der Waals surface area contributed by atoms with Crippen LogP contribution in [0.4, 0.5) is 4.39 Å². The van der Waals surface area contributed by atoms with Gasteiger partial charge in [-0.05, 0) is 29.8 Å². The van der Waals surface area contributed by atoms with Gasteiger partial charge in [0, 0.05) is 10.2 Å². The number of thioether (sulfide) groups is 1. The lowest BCUT2D eigenvalue weighted by Crippen LogP contribution is -2.12. The number of rotatable bonds is 5. The number of nitrogens with two attached hydrogens (primary N) is 1. The maximum atomic E-state index is 13.1. The Balaban J connectivity index is 1.83. The largest absolute Gasteiger partial charge is 0.496 e. The lowest BCUT2D eigenvalue weighted by atomic mass is 10.2. The zero-order valence-corrected chi connectivity index (χ0v) is 15.1. The Kier molecular flexibility index (Phi) is 5.06. The number of hydrogen-bond acceptors (Lipinski definition) is 5. The zero-order chi connectivity index (χ0) is 17.1. The Morgan fingerprint density at radius 3 is 2.79 bits per heavy atom. The molecule has 0 fully saturated rings. The van der Waals surface area contributed by atoms with Crippen LogP contribution in [0.5, 0.6) is 5.75 Å². The van der Waals surface area contributed by atoms with E-state index < -0.39 is 0 Å². The molecule has 5 nitrogen and oxygen atoms in total. The number of benzene rings is 2. The van der Waals surface area contributed by atoms with E-state index >= 15 is 0 Å². The summed E-state index contributed by atoms with van der Waals surface area (Å²) in [6.45, 7) is 0. The Hall–Kier alpha value is -2.06. The van der Waals surface area contributed by atoms with Crippen molar-refractivity contribution in [2.45, 2.75) is 10.9 Å². The monoisotopic (exact) mass is 408 g/mol. The summed E-state index contributed by atoms with van der Waals surface area (Å²) in [7, 11) is 1.60. The third-order valence-corrected chi connectivity index (χ3v) is 5.11. The van der Waals surface area contributed by atoms with E-state index in [0.717, 1.165) is 11.1 Å². The third-order valence-electron chi connectivity index (χ3n) is 3.38. The fraction of sp³-hybridized carbons (Fsp3) is 0.125. The molecule has 0 saturated carbocycles. The molecule has 2 N–H and O–H groups in total. The number of para-hydroxylation sites is 1. The summed E-state index contributed by atoms with van der Waals surface area (Å²) in [5.74, 6) is 7.63. The number of methoxy groups -OCH3 is 1. The topological polar surface area (TPSA) is 66.0 Å². The first-order chi connectivity index (χ1) is 11.6. The summed E-state index contributed by atoms with van der Waals surface area (Å²) in [5.41, 5.74) is 1.72. The van der Waals surface area contributed by atoms with Crippen LogP contribution in [-0.2, 0) is 5.75 Å². The number of halogens is 2. The number of nitrogens with zero attached hydrogens (tertiary/aromatic N) is 3. The number of aromatic nitrogens is 3. The maximum absolute atomic E-state index is 13.1. The van der Waals surface area contributed by atoms with E-state index in [1.54, 1.807) is 13.2 Å². The predicted molar refractivity (Wildman–Crippen MR) is 95.8 cm³/mol. The highest BCUT2D eigenvalue weighted by atomic mass is 79.9. The zero-order valence-electron chi connectivity index (χ0n) is 12.7. The number of ether oxygens (including phenoxy) is 1. The first-order valence-electron chi connectivity index (χ1n) is 7.00. The minimum absolute atomic E-state index is 0.281. The van der Waals surface area contributed by atoms with Crippen molar-refractivity contribution in [1.82, 2.24) is 14.9 Å². The highest BCUT2D eigenvalue weighted by Gasteiger charge is 2.16. The number of hydrogen-bond donors (Lipinski definition) is 1. The quantitative estimate of drug-likeness (QED) is 0.512. The van der Waals surface area contributed by atoms with E-state index in [9.17, 15) is 4.39 Å². The molecular formula is C16H14BrFN4OS. The highest BCUT2D eigenvalue weighted by molar-refractivity contribution is 9.10. The van der Waals surface area contributed by atoms with Gasteiger partial charge in [-0.3, -0.25) is 0 Å². The molecule has 3 aromatic rings. The van der Waals surface area contributed by atoms with Crippen LogP contribution in [0, 0.1) is 5.82 Å². The van der Waals surface area contributed by atoms with Crippen LogP contribution in [0.3, 0.4) is 0 Å². The molecule has 124 valence electrons. The Morgan fingerprint density at radius 2 is 2.04 bits per heavy atom. The molecule has 0 amide bonds. The molecule has 0 aliphatic rings. The summed E-state index contributed by atoms with van der Waals surface area (Å²) in [4.78, 5) is 0. The lowest BCUT2D eigenvalue weighted by Gasteiger charge is -2.08.